The van der Waals surface area contributed by atoms with Gasteiger partial charge in [0.2, 0.25) is 0 Å². The van der Waals surface area contributed by atoms with Gasteiger partial charge in [-0.25, -0.2) is 0 Å². The Morgan fingerprint density at radius 3 is 0.667 bits per heavy atom. The average Bonchev–Trinajstić information content (AvgIpc) is 2.72. The standard InChI is InChI=1S/2C13H12.Ni/c2*1-3-7-12(8-4-1)11-13-9-5-2-6-10-13;/h2*1-10H,11H2;. The van der Waals surface area contributed by atoms with Gasteiger partial charge in [0.1, 0.15) is 0 Å². The average molecular weight is 395 g/mol. The zero-order valence-corrected chi connectivity index (χ0v) is 16.3. The van der Waals surface area contributed by atoms with Crippen LogP contribution in [0.3, 0.4) is 0 Å². The van der Waals surface area contributed by atoms with Crippen molar-refractivity contribution in [3.05, 3.63) is 144 Å². The SMILES string of the molecule is [Ni].c1ccc(Cc2ccccc2)cc1.c1ccc(Cc2ccccc2)cc1. The van der Waals surface area contributed by atoms with Crippen LogP contribution in [0, 0.1) is 0 Å². The number of hydrogen-bond acceptors (Lipinski definition) is 0. The van der Waals surface area contributed by atoms with Crippen molar-refractivity contribution in [3.8, 4) is 0 Å². The van der Waals surface area contributed by atoms with Crippen molar-refractivity contribution in [2.75, 3.05) is 0 Å². The van der Waals surface area contributed by atoms with Gasteiger partial charge in [-0.3, -0.25) is 0 Å². The maximum atomic E-state index is 2.16. The minimum absolute atomic E-state index is 0. The van der Waals surface area contributed by atoms with E-state index in [1.54, 1.807) is 0 Å². The van der Waals surface area contributed by atoms with Gasteiger partial charge in [0.15, 0.2) is 0 Å². The van der Waals surface area contributed by atoms with Crippen molar-refractivity contribution in [2.24, 2.45) is 0 Å². The van der Waals surface area contributed by atoms with Crippen LogP contribution in [0.4, 0.5) is 0 Å². The van der Waals surface area contributed by atoms with Crippen molar-refractivity contribution in [1.29, 1.82) is 0 Å². The molecule has 0 radical (unpaired) electrons. The van der Waals surface area contributed by atoms with Gasteiger partial charge in [0.05, 0.1) is 0 Å². The summed E-state index contributed by atoms with van der Waals surface area (Å²) in [6.45, 7) is 0. The molecular weight excluding hydrogens is 371 g/mol. The molecule has 0 saturated heterocycles. The van der Waals surface area contributed by atoms with Crippen LogP contribution in [0.1, 0.15) is 22.3 Å². The van der Waals surface area contributed by atoms with Gasteiger partial charge in [-0.05, 0) is 35.1 Å². The Kier molecular flexibility index (Phi) is 9.11. The molecular formula is C26H24Ni. The molecule has 0 aliphatic carbocycles. The third-order valence-electron chi connectivity index (χ3n) is 4.19. The number of rotatable bonds is 4. The molecule has 138 valence electrons. The summed E-state index contributed by atoms with van der Waals surface area (Å²) in [6.07, 6.45) is 2.06. The Bertz CT molecular complexity index is 705. The Morgan fingerprint density at radius 1 is 0.296 bits per heavy atom. The molecule has 0 aromatic heterocycles. The van der Waals surface area contributed by atoms with E-state index in [1.165, 1.54) is 22.3 Å². The summed E-state index contributed by atoms with van der Waals surface area (Å²) in [4.78, 5) is 0. The Hall–Kier alpha value is -2.63. The van der Waals surface area contributed by atoms with E-state index in [9.17, 15) is 0 Å². The van der Waals surface area contributed by atoms with Crippen LogP contribution < -0.4 is 0 Å². The largest absolute Gasteiger partial charge is 0.0622 e. The van der Waals surface area contributed by atoms with Gasteiger partial charge in [-0.15, -0.1) is 0 Å². The third-order valence-corrected chi connectivity index (χ3v) is 4.19. The van der Waals surface area contributed by atoms with Gasteiger partial charge < -0.3 is 0 Å². The summed E-state index contributed by atoms with van der Waals surface area (Å²) >= 11 is 0. The molecule has 0 unspecified atom stereocenters. The molecule has 0 saturated carbocycles. The molecule has 4 rings (SSSR count). The van der Waals surface area contributed by atoms with Crippen LogP contribution in [0.2, 0.25) is 0 Å². The van der Waals surface area contributed by atoms with Crippen LogP contribution >= 0.6 is 0 Å². The molecule has 1 heteroatoms. The van der Waals surface area contributed by atoms with E-state index in [1.807, 2.05) is 0 Å². The molecule has 27 heavy (non-hydrogen) atoms. The van der Waals surface area contributed by atoms with Crippen molar-refractivity contribution in [1.82, 2.24) is 0 Å². The van der Waals surface area contributed by atoms with Crippen LogP contribution in [-0.4, -0.2) is 0 Å². The predicted octanol–water partition coefficient (Wildman–Crippen LogP) is 6.55. The van der Waals surface area contributed by atoms with Crippen molar-refractivity contribution >= 4 is 0 Å². The van der Waals surface area contributed by atoms with Crippen LogP contribution in [0.25, 0.3) is 0 Å². The molecule has 4 aromatic carbocycles. The first-order valence-corrected chi connectivity index (χ1v) is 9.06. The van der Waals surface area contributed by atoms with Gasteiger partial charge in [-0.2, -0.15) is 0 Å². The van der Waals surface area contributed by atoms with Crippen LogP contribution in [0.5, 0.6) is 0 Å². The number of hydrogen-bond donors (Lipinski definition) is 0. The zero-order valence-electron chi connectivity index (χ0n) is 15.3. The fraction of sp³-hybridized carbons (Fsp3) is 0.0769. The minimum atomic E-state index is 0. The first kappa shape index (κ1) is 20.7. The van der Waals surface area contributed by atoms with Gasteiger partial charge in [0.25, 0.3) is 0 Å². The van der Waals surface area contributed by atoms with E-state index in [4.69, 9.17) is 0 Å². The molecule has 0 amide bonds. The maximum Gasteiger partial charge on any atom is 0 e. The van der Waals surface area contributed by atoms with E-state index in [0.29, 0.717) is 0 Å². The monoisotopic (exact) mass is 394 g/mol. The molecule has 0 atom stereocenters. The predicted molar refractivity (Wildman–Crippen MR) is 111 cm³/mol. The molecule has 0 nitrogen and oxygen atoms in total. The minimum Gasteiger partial charge on any atom is -0.0622 e. The second-order valence-corrected chi connectivity index (χ2v) is 6.30. The summed E-state index contributed by atoms with van der Waals surface area (Å²) in [5.41, 5.74) is 5.48. The third kappa shape index (κ3) is 7.64. The second-order valence-electron chi connectivity index (χ2n) is 6.30. The van der Waals surface area contributed by atoms with E-state index >= 15 is 0 Å². The topological polar surface area (TPSA) is 0 Å². The zero-order chi connectivity index (χ0) is 17.9. The van der Waals surface area contributed by atoms with Crippen LogP contribution in [-0.2, 0) is 29.3 Å². The normalized spacial score (nSPS) is 9.48. The Balaban J connectivity index is 0.000000187. The summed E-state index contributed by atoms with van der Waals surface area (Å²) in [5.74, 6) is 0. The van der Waals surface area contributed by atoms with E-state index in [0.717, 1.165) is 12.8 Å². The van der Waals surface area contributed by atoms with Gasteiger partial charge >= 0.3 is 0 Å². The maximum absolute atomic E-state index is 2.16. The van der Waals surface area contributed by atoms with Gasteiger partial charge in [0, 0.05) is 16.5 Å². The molecule has 0 bridgehead atoms. The fourth-order valence-corrected chi connectivity index (χ4v) is 2.85. The van der Waals surface area contributed by atoms with Crippen molar-refractivity contribution < 1.29 is 16.5 Å². The molecule has 4 aromatic rings. The quantitative estimate of drug-likeness (QED) is 0.344. The molecule has 0 heterocycles. The van der Waals surface area contributed by atoms with E-state index in [-0.39, 0.29) is 16.5 Å². The Morgan fingerprint density at radius 2 is 0.481 bits per heavy atom. The van der Waals surface area contributed by atoms with E-state index < -0.39 is 0 Å². The summed E-state index contributed by atoms with van der Waals surface area (Å²) in [7, 11) is 0. The Labute approximate surface area is 172 Å². The summed E-state index contributed by atoms with van der Waals surface area (Å²) < 4.78 is 0. The smallest absolute Gasteiger partial charge is 0 e. The first-order chi connectivity index (χ1) is 12.9. The van der Waals surface area contributed by atoms with Crippen molar-refractivity contribution in [3.63, 3.8) is 0 Å². The van der Waals surface area contributed by atoms with Crippen molar-refractivity contribution in [2.45, 2.75) is 12.8 Å². The molecule has 0 spiro atoms. The second kappa shape index (κ2) is 11.9. The first-order valence-electron chi connectivity index (χ1n) is 9.06. The molecule has 0 N–H and O–H groups in total. The molecule has 0 aliphatic heterocycles. The molecule has 0 aliphatic rings. The van der Waals surface area contributed by atoms with Crippen LogP contribution in [0.15, 0.2) is 121 Å². The summed E-state index contributed by atoms with van der Waals surface area (Å²) in [5, 5.41) is 0. The van der Waals surface area contributed by atoms with Gasteiger partial charge in [-0.1, -0.05) is 121 Å². The number of benzene rings is 4. The summed E-state index contributed by atoms with van der Waals surface area (Å²) in [6, 6.07) is 42.1. The molecule has 0 fully saturated rings. The van der Waals surface area contributed by atoms with E-state index in [2.05, 4.69) is 121 Å². The fourth-order valence-electron chi connectivity index (χ4n) is 2.85.